The summed E-state index contributed by atoms with van der Waals surface area (Å²) in [6.07, 6.45) is 1.49. The lowest BCUT2D eigenvalue weighted by atomic mass is 10.1. The minimum Gasteiger partial charge on any atom is -0.494 e. The first-order chi connectivity index (χ1) is 14.5. The molecule has 0 aliphatic heterocycles. The molecule has 1 N–H and O–H groups in total. The summed E-state index contributed by atoms with van der Waals surface area (Å²) >= 11 is 2.92. The van der Waals surface area contributed by atoms with Gasteiger partial charge in [-0.2, -0.15) is 0 Å². The van der Waals surface area contributed by atoms with Crippen LogP contribution in [0.25, 0.3) is 10.2 Å². The molecule has 1 aromatic carbocycles. The number of hydrogen-bond acceptors (Lipinski definition) is 9. The molecule has 30 heavy (non-hydrogen) atoms. The lowest BCUT2D eigenvalue weighted by Crippen LogP contribution is -2.30. The number of fused-ring (bicyclic) bond motifs is 2. The quantitative estimate of drug-likeness (QED) is 0.556. The van der Waals surface area contributed by atoms with Crippen molar-refractivity contribution in [2.75, 3.05) is 37.5 Å². The molecule has 10 heteroatoms. The summed E-state index contributed by atoms with van der Waals surface area (Å²) in [7, 11) is 3.44. The molecule has 2 aromatic heterocycles. The van der Waals surface area contributed by atoms with Crippen LogP contribution in [-0.4, -0.2) is 49.2 Å². The summed E-state index contributed by atoms with van der Waals surface area (Å²) in [5.41, 5.74) is 1.52. The van der Waals surface area contributed by atoms with Crippen LogP contribution < -0.4 is 15.0 Å². The van der Waals surface area contributed by atoms with E-state index in [1.54, 1.807) is 18.9 Å². The van der Waals surface area contributed by atoms with E-state index in [4.69, 9.17) is 9.47 Å². The number of esters is 1. The number of thiazole rings is 2. The highest BCUT2D eigenvalue weighted by atomic mass is 32.1. The van der Waals surface area contributed by atoms with E-state index in [0.29, 0.717) is 23.9 Å². The maximum Gasteiger partial charge on any atom is 0.315 e. The number of methoxy groups -OCH3 is 1. The van der Waals surface area contributed by atoms with E-state index >= 15 is 0 Å². The SMILES string of the molecule is CCOC(=O)C1CCc2sc(NC(=O)CN(C)c3nc4c(OC)cccc4s3)nc21. The highest BCUT2D eigenvalue weighted by Gasteiger charge is 2.33. The number of para-hydroxylation sites is 1. The maximum absolute atomic E-state index is 12.6. The van der Waals surface area contributed by atoms with Crippen LogP contribution in [0.4, 0.5) is 10.3 Å². The van der Waals surface area contributed by atoms with Gasteiger partial charge < -0.3 is 19.7 Å². The van der Waals surface area contributed by atoms with Crippen LogP contribution in [0.1, 0.15) is 29.8 Å². The van der Waals surface area contributed by atoms with Gasteiger partial charge in [0.15, 0.2) is 10.3 Å². The fourth-order valence-corrected chi connectivity index (χ4v) is 5.43. The second-order valence-corrected chi connectivity index (χ2v) is 8.97. The fourth-order valence-electron chi connectivity index (χ4n) is 3.43. The molecule has 1 atom stereocenters. The zero-order chi connectivity index (χ0) is 21.3. The van der Waals surface area contributed by atoms with Crippen LogP contribution >= 0.6 is 22.7 Å². The van der Waals surface area contributed by atoms with Crippen LogP contribution in [0, 0.1) is 0 Å². The first kappa shape index (κ1) is 20.5. The van der Waals surface area contributed by atoms with Gasteiger partial charge in [0.1, 0.15) is 17.2 Å². The molecule has 1 aliphatic rings. The van der Waals surface area contributed by atoms with Crippen LogP contribution in [-0.2, 0) is 20.7 Å². The van der Waals surface area contributed by atoms with E-state index < -0.39 is 0 Å². The van der Waals surface area contributed by atoms with Crippen molar-refractivity contribution in [3.63, 3.8) is 0 Å². The lowest BCUT2D eigenvalue weighted by molar-refractivity contribution is -0.145. The Labute approximate surface area is 181 Å². The Morgan fingerprint density at radius 2 is 2.13 bits per heavy atom. The molecule has 0 fully saturated rings. The van der Waals surface area contributed by atoms with Gasteiger partial charge in [0, 0.05) is 11.9 Å². The maximum atomic E-state index is 12.6. The molecule has 1 unspecified atom stereocenters. The Morgan fingerprint density at radius 3 is 2.90 bits per heavy atom. The summed E-state index contributed by atoms with van der Waals surface area (Å²) in [4.78, 5) is 36.6. The molecule has 4 rings (SSSR count). The number of carbonyl (C=O) groups is 2. The van der Waals surface area contributed by atoms with E-state index in [2.05, 4.69) is 15.3 Å². The smallest absolute Gasteiger partial charge is 0.315 e. The topological polar surface area (TPSA) is 93.7 Å². The Morgan fingerprint density at radius 1 is 1.30 bits per heavy atom. The van der Waals surface area contributed by atoms with Gasteiger partial charge in [-0.3, -0.25) is 9.59 Å². The van der Waals surface area contributed by atoms with E-state index in [0.717, 1.165) is 32.3 Å². The van der Waals surface area contributed by atoms with Crippen molar-refractivity contribution in [3.05, 3.63) is 28.8 Å². The predicted octanol–water partition coefficient (Wildman–Crippen LogP) is 3.43. The third kappa shape index (κ3) is 3.97. The number of hydrogen-bond donors (Lipinski definition) is 1. The third-order valence-electron chi connectivity index (χ3n) is 4.83. The van der Waals surface area contributed by atoms with Crippen LogP contribution in [0.15, 0.2) is 18.2 Å². The van der Waals surface area contributed by atoms with E-state index in [9.17, 15) is 9.59 Å². The van der Waals surface area contributed by atoms with E-state index in [1.807, 2.05) is 25.2 Å². The number of amides is 1. The van der Waals surface area contributed by atoms with Crippen molar-refractivity contribution in [3.8, 4) is 5.75 Å². The highest BCUT2D eigenvalue weighted by molar-refractivity contribution is 7.22. The molecule has 0 saturated carbocycles. The largest absolute Gasteiger partial charge is 0.494 e. The fraction of sp³-hybridized carbons (Fsp3) is 0.400. The monoisotopic (exact) mass is 446 g/mol. The number of aryl methyl sites for hydroxylation is 1. The molecular formula is C20H22N4O4S2. The summed E-state index contributed by atoms with van der Waals surface area (Å²) in [5, 5.41) is 4.09. The Balaban J connectivity index is 1.42. The van der Waals surface area contributed by atoms with Crippen molar-refractivity contribution >= 4 is 55.0 Å². The third-order valence-corrected chi connectivity index (χ3v) is 7.01. The molecule has 2 heterocycles. The van der Waals surface area contributed by atoms with Gasteiger partial charge in [-0.05, 0) is 31.9 Å². The molecule has 158 valence electrons. The first-order valence-electron chi connectivity index (χ1n) is 9.61. The van der Waals surface area contributed by atoms with Gasteiger partial charge in [0.05, 0.1) is 30.7 Å². The summed E-state index contributed by atoms with van der Waals surface area (Å²) < 4.78 is 11.5. The Hall–Kier alpha value is -2.72. The molecule has 0 bridgehead atoms. The first-order valence-corrected chi connectivity index (χ1v) is 11.2. The van der Waals surface area contributed by atoms with Gasteiger partial charge >= 0.3 is 5.97 Å². The average molecular weight is 447 g/mol. The lowest BCUT2D eigenvalue weighted by Gasteiger charge is -2.14. The van der Waals surface area contributed by atoms with Crippen molar-refractivity contribution < 1.29 is 19.1 Å². The summed E-state index contributed by atoms with van der Waals surface area (Å²) in [5.74, 6) is -0.0576. The highest BCUT2D eigenvalue weighted by Crippen LogP contribution is 2.39. The Bertz CT molecular complexity index is 1090. The van der Waals surface area contributed by atoms with Crippen molar-refractivity contribution in [1.29, 1.82) is 0 Å². The second-order valence-electron chi connectivity index (χ2n) is 6.88. The Kier molecular flexibility index (Phi) is 5.87. The second kappa shape index (κ2) is 8.57. The normalized spacial score (nSPS) is 15.1. The van der Waals surface area contributed by atoms with Gasteiger partial charge in [-0.1, -0.05) is 17.4 Å². The van der Waals surface area contributed by atoms with Crippen molar-refractivity contribution in [2.24, 2.45) is 0 Å². The zero-order valence-corrected chi connectivity index (χ0v) is 18.6. The van der Waals surface area contributed by atoms with Gasteiger partial charge in [0.2, 0.25) is 5.91 Å². The number of anilines is 2. The molecule has 3 aromatic rings. The molecule has 0 spiro atoms. The van der Waals surface area contributed by atoms with Gasteiger partial charge in [-0.15, -0.1) is 11.3 Å². The molecule has 1 amide bonds. The number of benzene rings is 1. The van der Waals surface area contributed by atoms with Crippen molar-refractivity contribution in [1.82, 2.24) is 9.97 Å². The molecule has 1 aliphatic carbocycles. The molecule has 0 saturated heterocycles. The predicted molar refractivity (Wildman–Crippen MR) is 118 cm³/mol. The number of rotatable bonds is 7. The van der Waals surface area contributed by atoms with Gasteiger partial charge in [0.25, 0.3) is 0 Å². The summed E-state index contributed by atoms with van der Waals surface area (Å²) in [6.45, 7) is 2.27. The number of aromatic nitrogens is 2. The van der Waals surface area contributed by atoms with Crippen LogP contribution in [0.2, 0.25) is 0 Å². The number of carbonyl (C=O) groups excluding carboxylic acids is 2. The molecule has 0 radical (unpaired) electrons. The number of nitrogens with zero attached hydrogens (tertiary/aromatic N) is 3. The minimum atomic E-state index is -0.331. The van der Waals surface area contributed by atoms with Gasteiger partial charge in [-0.25, -0.2) is 9.97 Å². The van der Waals surface area contributed by atoms with E-state index in [1.165, 1.54) is 22.7 Å². The standard InChI is InChI=1S/C20H22N4O4S2/c1-4-28-18(26)11-8-9-14-16(11)22-19(29-14)21-15(25)10-24(2)20-23-17-12(27-3)6-5-7-13(17)30-20/h5-7,11H,4,8-10H2,1-3H3,(H,21,22,25). The molecular weight excluding hydrogens is 424 g/mol. The van der Waals surface area contributed by atoms with E-state index in [-0.39, 0.29) is 24.3 Å². The van der Waals surface area contributed by atoms with Crippen LogP contribution in [0.5, 0.6) is 5.75 Å². The average Bonchev–Trinajstić information content (AvgIpc) is 3.41. The number of nitrogens with one attached hydrogen (secondary N) is 1. The molecule has 8 nitrogen and oxygen atoms in total. The number of likely N-dealkylation sites (N-methyl/N-ethyl adjacent to an activating group) is 1. The summed E-state index contributed by atoms with van der Waals surface area (Å²) in [6, 6.07) is 5.76. The minimum absolute atomic E-state index is 0.133. The number of ether oxygens (including phenoxy) is 2. The zero-order valence-electron chi connectivity index (χ0n) is 16.9. The van der Waals surface area contributed by atoms with Crippen molar-refractivity contribution in [2.45, 2.75) is 25.7 Å². The van der Waals surface area contributed by atoms with Crippen LogP contribution in [0.3, 0.4) is 0 Å².